The number of carbonyl (C=O) groups is 1. The molecule has 0 spiro atoms. The molecule has 0 fully saturated rings. The maximum absolute atomic E-state index is 11.7. The summed E-state index contributed by atoms with van der Waals surface area (Å²) in [4.78, 5) is 19.4. The lowest BCUT2D eigenvalue weighted by Crippen LogP contribution is -2.33. The molecular formula is C20H25N3O3. The van der Waals surface area contributed by atoms with Gasteiger partial charge in [-0.15, -0.1) is 0 Å². The zero-order valence-corrected chi connectivity index (χ0v) is 15.7. The average molecular weight is 355 g/mol. The molecule has 0 unspecified atom stereocenters. The van der Waals surface area contributed by atoms with Crippen LogP contribution >= 0.6 is 0 Å². The Balaban J connectivity index is 1.66. The van der Waals surface area contributed by atoms with Gasteiger partial charge in [0.25, 0.3) is 0 Å². The van der Waals surface area contributed by atoms with Crippen LogP contribution in [0.2, 0.25) is 0 Å². The first-order chi connectivity index (χ1) is 12.4. The highest BCUT2D eigenvalue weighted by Gasteiger charge is 2.15. The molecule has 3 aromatic rings. The largest absolute Gasteiger partial charge is 0.481 e. The fraction of sp³-hybridized carbons (Fsp3) is 0.400. The normalized spacial score (nSPS) is 11.7. The van der Waals surface area contributed by atoms with Crippen LogP contribution in [0, 0.1) is 0 Å². The number of methoxy groups -OCH3 is 1. The minimum absolute atomic E-state index is 0.375. The van der Waals surface area contributed by atoms with E-state index in [1.54, 1.807) is 13.3 Å². The number of fused-ring (bicyclic) bond motifs is 3. The van der Waals surface area contributed by atoms with Gasteiger partial charge >= 0.3 is 6.09 Å². The Morgan fingerprint density at radius 3 is 2.77 bits per heavy atom. The number of alkyl carbamates (subject to hydrolysis) is 1. The van der Waals surface area contributed by atoms with Crippen LogP contribution < -0.4 is 10.1 Å². The van der Waals surface area contributed by atoms with Crippen LogP contribution in [0.3, 0.4) is 0 Å². The number of carbonyl (C=O) groups excluding carboxylic acids is 1. The molecule has 6 nitrogen and oxygen atoms in total. The van der Waals surface area contributed by atoms with Crippen molar-refractivity contribution in [2.24, 2.45) is 0 Å². The Labute approximate surface area is 152 Å². The maximum atomic E-state index is 11.7. The highest BCUT2D eigenvalue weighted by molar-refractivity contribution is 6.07. The second kappa shape index (κ2) is 7.23. The third-order valence-corrected chi connectivity index (χ3v) is 4.04. The summed E-state index contributed by atoms with van der Waals surface area (Å²) in [7, 11) is 1.63. The van der Waals surface area contributed by atoms with E-state index in [-0.39, 0.29) is 6.09 Å². The summed E-state index contributed by atoms with van der Waals surface area (Å²) in [6.45, 7) is 6.13. The van der Waals surface area contributed by atoms with Crippen molar-refractivity contribution in [3.8, 4) is 5.88 Å². The number of rotatable bonds is 5. The summed E-state index contributed by atoms with van der Waals surface area (Å²) < 4.78 is 10.6. The summed E-state index contributed by atoms with van der Waals surface area (Å²) in [6, 6.07) is 8.24. The van der Waals surface area contributed by atoms with Gasteiger partial charge in [-0.25, -0.2) is 9.78 Å². The molecule has 3 rings (SSSR count). The summed E-state index contributed by atoms with van der Waals surface area (Å²) in [6.07, 6.45) is 3.05. The number of amides is 1. The molecule has 0 saturated carbocycles. The Bertz CT molecular complexity index is 925. The van der Waals surface area contributed by atoms with Gasteiger partial charge in [-0.3, -0.25) is 0 Å². The molecule has 0 radical (unpaired) electrons. The molecule has 2 aromatic heterocycles. The van der Waals surface area contributed by atoms with Crippen LogP contribution in [0.15, 0.2) is 30.5 Å². The van der Waals surface area contributed by atoms with Gasteiger partial charge in [-0.05, 0) is 51.8 Å². The van der Waals surface area contributed by atoms with E-state index in [1.807, 2.05) is 32.9 Å². The van der Waals surface area contributed by atoms with Crippen LogP contribution in [0.25, 0.3) is 21.7 Å². The number of nitrogens with one attached hydrogen (secondary N) is 2. The zero-order valence-electron chi connectivity index (χ0n) is 15.7. The second-order valence-corrected chi connectivity index (χ2v) is 7.27. The maximum Gasteiger partial charge on any atom is 0.407 e. The number of hydrogen-bond donors (Lipinski definition) is 2. The van der Waals surface area contributed by atoms with E-state index >= 15 is 0 Å². The van der Waals surface area contributed by atoms with Crippen molar-refractivity contribution in [3.63, 3.8) is 0 Å². The third kappa shape index (κ3) is 4.07. The fourth-order valence-electron chi connectivity index (χ4n) is 2.97. The van der Waals surface area contributed by atoms with Gasteiger partial charge in [-0.2, -0.15) is 0 Å². The van der Waals surface area contributed by atoms with Crippen LogP contribution in [0.4, 0.5) is 4.79 Å². The van der Waals surface area contributed by atoms with Gasteiger partial charge in [0.15, 0.2) is 0 Å². The minimum atomic E-state index is -0.474. The number of aryl methyl sites for hydroxylation is 1. The number of ether oxygens (including phenoxy) is 2. The van der Waals surface area contributed by atoms with Gasteiger partial charge in [0, 0.05) is 34.6 Å². The smallest absolute Gasteiger partial charge is 0.407 e. The first-order valence-corrected chi connectivity index (χ1v) is 8.77. The number of hydrogen-bond acceptors (Lipinski definition) is 4. The topological polar surface area (TPSA) is 76.2 Å². The van der Waals surface area contributed by atoms with Crippen LogP contribution in [-0.2, 0) is 11.2 Å². The van der Waals surface area contributed by atoms with E-state index in [9.17, 15) is 4.79 Å². The van der Waals surface area contributed by atoms with Gasteiger partial charge < -0.3 is 19.8 Å². The monoisotopic (exact) mass is 355 g/mol. The highest BCUT2D eigenvalue weighted by atomic mass is 16.6. The van der Waals surface area contributed by atoms with Crippen LogP contribution in [0.5, 0.6) is 5.88 Å². The van der Waals surface area contributed by atoms with Gasteiger partial charge in [0.05, 0.1) is 12.6 Å². The van der Waals surface area contributed by atoms with Crippen molar-refractivity contribution < 1.29 is 14.3 Å². The number of aromatic nitrogens is 2. The molecule has 0 saturated heterocycles. The molecule has 0 aliphatic heterocycles. The summed E-state index contributed by atoms with van der Waals surface area (Å²) in [5, 5.41) is 6.02. The van der Waals surface area contributed by atoms with Crippen molar-refractivity contribution in [1.82, 2.24) is 15.3 Å². The summed E-state index contributed by atoms with van der Waals surface area (Å²) >= 11 is 0. The van der Waals surface area contributed by atoms with Crippen LogP contribution in [0.1, 0.15) is 32.9 Å². The SMILES string of the molecule is COc1nccc2c1ccc1cc(CCCNC(=O)OC(C)(C)C)[nH]c12. The lowest BCUT2D eigenvalue weighted by Gasteiger charge is -2.19. The molecule has 1 amide bonds. The van der Waals surface area contributed by atoms with Gasteiger partial charge in [0.1, 0.15) is 5.60 Å². The predicted octanol–water partition coefficient (Wildman–Crippen LogP) is 4.18. The van der Waals surface area contributed by atoms with Crippen molar-refractivity contribution in [2.45, 2.75) is 39.2 Å². The second-order valence-electron chi connectivity index (χ2n) is 7.27. The number of aromatic amines is 1. The molecule has 2 heterocycles. The van der Waals surface area contributed by atoms with E-state index in [4.69, 9.17) is 9.47 Å². The van der Waals surface area contributed by atoms with Gasteiger partial charge in [0.2, 0.25) is 5.88 Å². The van der Waals surface area contributed by atoms with Crippen LogP contribution in [-0.4, -0.2) is 35.3 Å². The highest BCUT2D eigenvalue weighted by Crippen LogP contribution is 2.30. The molecular weight excluding hydrogens is 330 g/mol. The number of benzene rings is 1. The molecule has 2 N–H and O–H groups in total. The van der Waals surface area contributed by atoms with Crippen molar-refractivity contribution in [1.29, 1.82) is 0 Å². The molecule has 0 bridgehead atoms. The van der Waals surface area contributed by atoms with Gasteiger partial charge in [-0.1, -0.05) is 6.07 Å². The number of H-pyrrole nitrogens is 1. The Morgan fingerprint density at radius 2 is 2.04 bits per heavy atom. The van der Waals surface area contributed by atoms with E-state index in [0.29, 0.717) is 12.4 Å². The molecule has 138 valence electrons. The van der Waals surface area contributed by atoms with Crippen molar-refractivity contribution >= 4 is 27.8 Å². The van der Waals surface area contributed by atoms with Crippen molar-refractivity contribution in [2.75, 3.05) is 13.7 Å². The Kier molecular flexibility index (Phi) is 5.02. The zero-order chi connectivity index (χ0) is 18.7. The summed E-state index contributed by atoms with van der Waals surface area (Å²) in [5.74, 6) is 0.627. The van der Waals surface area contributed by atoms with E-state index in [1.165, 1.54) is 0 Å². The van der Waals surface area contributed by atoms with E-state index < -0.39 is 5.60 Å². The lowest BCUT2D eigenvalue weighted by molar-refractivity contribution is 0.0527. The molecule has 0 aliphatic carbocycles. The molecule has 26 heavy (non-hydrogen) atoms. The predicted molar refractivity (Wildman–Crippen MR) is 103 cm³/mol. The minimum Gasteiger partial charge on any atom is -0.481 e. The standard InChI is InChI=1S/C20H25N3O3/c1-20(2,3)26-19(24)22-10-5-6-14-12-13-7-8-16-15(17(13)23-14)9-11-21-18(16)25-4/h7-9,11-12,23H,5-6,10H2,1-4H3,(H,22,24). The lowest BCUT2D eigenvalue weighted by atomic mass is 10.1. The quantitative estimate of drug-likeness (QED) is 0.673. The molecule has 1 aromatic carbocycles. The number of pyridine rings is 1. The first kappa shape index (κ1) is 18.0. The average Bonchev–Trinajstić information content (AvgIpc) is 3.00. The molecule has 0 atom stereocenters. The Morgan fingerprint density at radius 1 is 1.23 bits per heavy atom. The molecule has 6 heteroatoms. The van der Waals surface area contributed by atoms with Crippen molar-refractivity contribution in [3.05, 3.63) is 36.2 Å². The number of nitrogens with zero attached hydrogens (tertiary/aromatic N) is 1. The fourth-order valence-corrected chi connectivity index (χ4v) is 2.97. The van der Waals surface area contributed by atoms with E-state index in [2.05, 4.69) is 27.4 Å². The van der Waals surface area contributed by atoms with E-state index in [0.717, 1.165) is 40.2 Å². The first-order valence-electron chi connectivity index (χ1n) is 8.77. The summed E-state index contributed by atoms with van der Waals surface area (Å²) in [5.41, 5.74) is 1.74. The Hall–Kier alpha value is -2.76. The molecule has 0 aliphatic rings. The third-order valence-electron chi connectivity index (χ3n) is 4.04.